The van der Waals surface area contributed by atoms with Crippen LogP contribution in [0.15, 0.2) is 41.0 Å². The molecule has 0 unspecified atom stereocenters. The number of amides is 2. The Bertz CT molecular complexity index is 1540. The summed E-state index contributed by atoms with van der Waals surface area (Å²) < 4.78 is 27.6. The first-order valence-corrected chi connectivity index (χ1v) is 15.0. The molecule has 5 rings (SSSR count). The Morgan fingerprint density at radius 2 is 1.79 bits per heavy atom. The van der Waals surface area contributed by atoms with E-state index in [1.54, 1.807) is 4.90 Å². The monoisotopic (exact) mass is 641 g/mol. The quantitative estimate of drug-likeness (QED) is 0.342. The molecule has 0 atom stereocenters. The van der Waals surface area contributed by atoms with Gasteiger partial charge in [-0.2, -0.15) is 0 Å². The molecule has 2 aromatic heterocycles. The number of rotatable bonds is 5. The Morgan fingerprint density at radius 1 is 1.05 bits per heavy atom. The van der Waals surface area contributed by atoms with Crippen molar-refractivity contribution in [3.63, 3.8) is 0 Å². The van der Waals surface area contributed by atoms with Crippen LogP contribution in [0, 0.1) is 5.82 Å². The predicted octanol–water partition coefficient (Wildman–Crippen LogP) is 5.95. The van der Waals surface area contributed by atoms with Gasteiger partial charge in [-0.3, -0.25) is 4.79 Å². The summed E-state index contributed by atoms with van der Waals surface area (Å²) in [4.78, 5) is 36.2. The van der Waals surface area contributed by atoms with Gasteiger partial charge in [0.15, 0.2) is 11.6 Å². The zero-order valence-electron chi connectivity index (χ0n) is 24.7. The number of hydrogen-bond acceptors (Lipinski definition) is 6. The zero-order valence-corrected chi connectivity index (χ0v) is 26.3. The molecule has 1 aromatic carbocycles. The van der Waals surface area contributed by atoms with E-state index in [0.29, 0.717) is 56.4 Å². The van der Waals surface area contributed by atoms with Gasteiger partial charge in [0.1, 0.15) is 11.4 Å². The highest BCUT2D eigenvalue weighted by atomic mass is 79.9. The zero-order chi connectivity index (χ0) is 30.2. The molecular weight excluding hydrogens is 605 g/mol. The number of hydrogen-bond donors (Lipinski definition) is 0. The van der Waals surface area contributed by atoms with Crippen LogP contribution in [-0.4, -0.2) is 83.3 Å². The molecule has 1 fully saturated rings. The first-order chi connectivity index (χ1) is 20.0. The number of aromatic nitrogens is 2. The number of carbonyl (C=O) groups excluding carboxylic acids is 2. The van der Waals surface area contributed by atoms with Gasteiger partial charge in [-0.1, -0.05) is 6.08 Å². The second-order valence-electron chi connectivity index (χ2n) is 11.5. The molecule has 0 spiro atoms. The largest absolute Gasteiger partial charge is 0.493 e. The van der Waals surface area contributed by atoms with Crippen molar-refractivity contribution in [3.8, 4) is 5.75 Å². The lowest BCUT2D eigenvalue weighted by Crippen LogP contribution is -2.49. The van der Waals surface area contributed by atoms with Crippen LogP contribution in [0.2, 0.25) is 0 Å². The van der Waals surface area contributed by atoms with Crippen LogP contribution in [0.4, 0.5) is 15.0 Å². The van der Waals surface area contributed by atoms with Crippen molar-refractivity contribution in [1.29, 1.82) is 0 Å². The third kappa shape index (κ3) is 6.11. The lowest BCUT2D eigenvalue weighted by molar-refractivity contribution is 0.0272. The molecule has 9 nitrogen and oxygen atoms in total. The second-order valence-corrected chi connectivity index (χ2v) is 12.4. The van der Waals surface area contributed by atoms with Gasteiger partial charge >= 0.3 is 6.09 Å². The van der Waals surface area contributed by atoms with Crippen molar-refractivity contribution in [2.24, 2.45) is 0 Å². The number of ether oxygens (including phenoxy) is 2. The first kappa shape index (κ1) is 29.9. The third-order valence-corrected chi connectivity index (χ3v) is 8.13. The first-order valence-electron chi connectivity index (χ1n) is 14.2. The molecule has 2 amide bonds. The van der Waals surface area contributed by atoms with Gasteiger partial charge in [-0.15, -0.1) is 0 Å². The summed E-state index contributed by atoms with van der Waals surface area (Å²) in [5, 5.41) is 0.957. The van der Waals surface area contributed by atoms with E-state index in [-0.39, 0.29) is 12.0 Å². The Morgan fingerprint density at radius 3 is 2.45 bits per heavy atom. The highest BCUT2D eigenvalue weighted by Gasteiger charge is 2.28. The van der Waals surface area contributed by atoms with Crippen LogP contribution in [0.3, 0.4) is 0 Å². The molecule has 11 heteroatoms. The van der Waals surface area contributed by atoms with Crippen LogP contribution in [0.5, 0.6) is 5.75 Å². The smallest absolute Gasteiger partial charge is 0.410 e. The third-order valence-electron chi connectivity index (χ3n) is 7.53. The van der Waals surface area contributed by atoms with Crippen molar-refractivity contribution in [2.45, 2.75) is 46.3 Å². The summed E-state index contributed by atoms with van der Waals surface area (Å²) >= 11 is 3.74. The van der Waals surface area contributed by atoms with Gasteiger partial charge in [0.25, 0.3) is 5.91 Å². The molecule has 0 saturated carbocycles. The fraction of sp³-hybridized carbons (Fsp3) is 0.452. The number of piperazine rings is 1. The molecule has 0 bridgehead atoms. The maximum absolute atomic E-state index is 13.6. The predicted molar refractivity (Wildman–Crippen MR) is 165 cm³/mol. The van der Waals surface area contributed by atoms with E-state index < -0.39 is 11.4 Å². The van der Waals surface area contributed by atoms with Gasteiger partial charge in [0.05, 0.1) is 25.4 Å². The summed E-state index contributed by atoms with van der Waals surface area (Å²) in [5.41, 5.74) is 3.15. The maximum Gasteiger partial charge on any atom is 0.410 e. The molecule has 2 aliphatic heterocycles. The van der Waals surface area contributed by atoms with E-state index in [1.807, 2.05) is 42.7 Å². The average Bonchev–Trinajstić information content (AvgIpc) is 3.35. The van der Waals surface area contributed by atoms with Gasteiger partial charge < -0.3 is 28.7 Å². The van der Waals surface area contributed by atoms with E-state index in [2.05, 4.69) is 44.5 Å². The molecule has 1 saturated heterocycles. The van der Waals surface area contributed by atoms with Gasteiger partial charge in [-0.05, 0) is 73.8 Å². The van der Waals surface area contributed by atoms with Crippen LogP contribution in [0.1, 0.15) is 50.2 Å². The summed E-state index contributed by atoms with van der Waals surface area (Å²) in [5.74, 6) is 0.453. The number of methoxy groups -OCH3 is 1. The Hall–Kier alpha value is -3.60. The molecule has 4 heterocycles. The van der Waals surface area contributed by atoms with Crippen molar-refractivity contribution < 1.29 is 23.5 Å². The van der Waals surface area contributed by atoms with E-state index in [4.69, 9.17) is 9.47 Å². The lowest BCUT2D eigenvalue weighted by Gasteiger charge is -2.36. The summed E-state index contributed by atoms with van der Waals surface area (Å²) in [6, 6.07) is 7.26. The number of anilines is 1. The second kappa shape index (κ2) is 11.9. The number of halogens is 2. The molecule has 42 heavy (non-hydrogen) atoms. The molecule has 0 radical (unpaired) electrons. The topological polar surface area (TPSA) is 80.1 Å². The highest BCUT2D eigenvalue weighted by molar-refractivity contribution is 9.10. The average molecular weight is 643 g/mol. The Labute approximate surface area is 254 Å². The lowest BCUT2D eigenvalue weighted by atomic mass is 10.1. The molecule has 0 N–H and O–H groups in total. The fourth-order valence-corrected chi connectivity index (χ4v) is 6.29. The van der Waals surface area contributed by atoms with Gasteiger partial charge in [-0.25, -0.2) is 14.2 Å². The standard InChI is InChI=1S/C31H37BrFN5O4/c1-6-38-25(20-8-7-9-37(19-20)30(40)42-31(2,3)4)16-21-14-22(15-24(32)27(21)38)29(39)36-12-10-35(11-13-36)28-26(41-5)17-23(33)18-34-28/h8,14-18H,6-7,9-13,19H2,1-5H3. The SMILES string of the molecule is CCn1c(C2=CCCN(C(=O)OC(C)(C)C)C2)cc2cc(C(=O)N3CCN(c4ncc(F)cc4OC)CC3)cc(Br)c21. The molecular formula is C31H37BrFN5O4. The minimum absolute atomic E-state index is 0.0462. The Kier molecular flexibility index (Phi) is 8.50. The van der Waals surface area contributed by atoms with E-state index >= 15 is 0 Å². The van der Waals surface area contributed by atoms with Crippen molar-refractivity contribution in [3.05, 3.63) is 58.1 Å². The molecule has 0 aliphatic carbocycles. The number of fused-ring (bicyclic) bond motifs is 1. The molecule has 2 aliphatic rings. The fourth-order valence-electron chi connectivity index (χ4n) is 5.60. The van der Waals surface area contributed by atoms with Crippen LogP contribution in [0.25, 0.3) is 16.5 Å². The van der Waals surface area contributed by atoms with Gasteiger partial charge in [0.2, 0.25) is 0 Å². The van der Waals surface area contributed by atoms with Gasteiger partial charge in [0, 0.05) is 66.5 Å². The minimum Gasteiger partial charge on any atom is -0.493 e. The minimum atomic E-state index is -0.554. The normalized spacial score (nSPS) is 16.1. The number of pyridine rings is 1. The molecule has 3 aromatic rings. The van der Waals surface area contributed by atoms with E-state index in [0.717, 1.165) is 39.6 Å². The van der Waals surface area contributed by atoms with E-state index in [9.17, 15) is 14.0 Å². The van der Waals surface area contributed by atoms with Crippen molar-refractivity contribution in [2.75, 3.05) is 51.3 Å². The van der Waals surface area contributed by atoms with Crippen molar-refractivity contribution >= 4 is 50.2 Å². The summed E-state index contributed by atoms with van der Waals surface area (Å²) in [6.45, 7) is 11.6. The van der Waals surface area contributed by atoms with Crippen LogP contribution < -0.4 is 9.64 Å². The number of benzene rings is 1. The van der Waals surface area contributed by atoms with Crippen LogP contribution in [-0.2, 0) is 11.3 Å². The summed E-state index contributed by atoms with van der Waals surface area (Å²) in [6.07, 6.45) is 3.80. The van der Waals surface area contributed by atoms with E-state index in [1.165, 1.54) is 19.4 Å². The molecule has 224 valence electrons. The summed E-state index contributed by atoms with van der Waals surface area (Å²) in [7, 11) is 1.49. The highest BCUT2D eigenvalue weighted by Crippen LogP contribution is 2.34. The number of carbonyl (C=O) groups is 2. The van der Waals surface area contributed by atoms with Crippen molar-refractivity contribution in [1.82, 2.24) is 19.4 Å². The number of aryl methyl sites for hydroxylation is 1. The Balaban J connectivity index is 1.35. The van der Waals surface area contributed by atoms with Crippen LogP contribution >= 0.6 is 15.9 Å². The number of nitrogens with zero attached hydrogens (tertiary/aromatic N) is 5. The maximum atomic E-state index is 13.6.